The summed E-state index contributed by atoms with van der Waals surface area (Å²) in [6.45, 7) is 4.55. The van der Waals surface area contributed by atoms with E-state index >= 15 is 0 Å². The Morgan fingerprint density at radius 2 is 2.33 bits per heavy atom. The van der Waals surface area contributed by atoms with Crippen molar-refractivity contribution < 1.29 is 4.79 Å². The minimum atomic E-state index is -0.228. The SMILES string of the molecule is CC(C)C(S)C(=O)NCc1cc(Br)cs1. The average Bonchev–Trinajstić information content (AvgIpc) is 2.59. The molecule has 0 aliphatic rings. The van der Waals surface area contributed by atoms with Crippen LogP contribution in [0.15, 0.2) is 15.9 Å². The highest BCUT2D eigenvalue weighted by Gasteiger charge is 2.17. The van der Waals surface area contributed by atoms with Gasteiger partial charge < -0.3 is 5.32 Å². The van der Waals surface area contributed by atoms with Crippen LogP contribution < -0.4 is 5.32 Å². The van der Waals surface area contributed by atoms with Crippen molar-refractivity contribution in [1.29, 1.82) is 0 Å². The topological polar surface area (TPSA) is 29.1 Å². The first-order chi connectivity index (χ1) is 7.00. The molecule has 1 amide bonds. The van der Waals surface area contributed by atoms with Crippen LogP contribution in [0.1, 0.15) is 18.7 Å². The highest BCUT2D eigenvalue weighted by Crippen LogP contribution is 2.19. The first kappa shape index (κ1) is 13.1. The fraction of sp³-hybridized carbons (Fsp3) is 0.500. The molecule has 0 spiro atoms. The molecule has 0 saturated heterocycles. The fourth-order valence-electron chi connectivity index (χ4n) is 1.03. The van der Waals surface area contributed by atoms with Crippen LogP contribution in [-0.2, 0) is 11.3 Å². The lowest BCUT2D eigenvalue weighted by Gasteiger charge is -2.13. The average molecular weight is 308 g/mol. The van der Waals surface area contributed by atoms with E-state index < -0.39 is 0 Å². The monoisotopic (exact) mass is 307 g/mol. The first-order valence-corrected chi connectivity index (χ1v) is 6.88. The van der Waals surface area contributed by atoms with Gasteiger partial charge >= 0.3 is 0 Å². The van der Waals surface area contributed by atoms with Crippen LogP contribution in [-0.4, -0.2) is 11.2 Å². The molecule has 1 N–H and O–H groups in total. The minimum absolute atomic E-state index is 0.00199. The van der Waals surface area contributed by atoms with Gasteiger partial charge in [-0.15, -0.1) is 11.3 Å². The van der Waals surface area contributed by atoms with Gasteiger partial charge in [0.15, 0.2) is 0 Å². The minimum Gasteiger partial charge on any atom is -0.350 e. The maximum atomic E-state index is 11.6. The summed E-state index contributed by atoms with van der Waals surface area (Å²) in [7, 11) is 0. The molecule has 1 aromatic heterocycles. The molecule has 0 fully saturated rings. The largest absolute Gasteiger partial charge is 0.350 e. The molecule has 15 heavy (non-hydrogen) atoms. The van der Waals surface area contributed by atoms with Gasteiger partial charge in [0.25, 0.3) is 0 Å². The lowest BCUT2D eigenvalue weighted by Crippen LogP contribution is -2.33. The summed E-state index contributed by atoms with van der Waals surface area (Å²) in [6.07, 6.45) is 0. The zero-order valence-electron chi connectivity index (χ0n) is 8.66. The molecule has 1 unspecified atom stereocenters. The number of thiophene rings is 1. The van der Waals surface area contributed by atoms with E-state index in [1.54, 1.807) is 11.3 Å². The van der Waals surface area contributed by atoms with Crippen molar-refractivity contribution in [3.63, 3.8) is 0 Å². The van der Waals surface area contributed by atoms with Crippen molar-refractivity contribution in [3.8, 4) is 0 Å². The van der Waals surface area contributed by atoms with Gasteiger partial charge in [-0.2, -0.15) is 12.6 Å². The van der Waals surface area contributed by atoms with Crippen molar-refractivity contribution in [3.05, 3.63) is 20.8 Å². The number of hydrogen-bond acceptors (Lipinski definition) is 3. The molecule has 0 radical (unpaired) electrons. The van der Waals surface area contributed by atoms with Crippen LogP contribution in [0.25, 0.3) is 0 Å². The summed E-state index contributed by atoms with van der Waals surface area (Å²) >= 11 is 9.25. The Hall–Kier alpha value is -0.0000000000000000833. The molecular formula is C10H14BrNOS2. The zero-order valence-corrected chi connectivity index (χ0v) is 12.0. The fourth-order valence-corrected chi connectivity index (χ4v) is 2.51. The Kier molecular flexibility index (Phi) is 5.15. The van der Waals surface area contributed by atoms with Gasteiger partial charge in [0.2, 0.25) is 5.91 Å². The predicted octanol–water partition coefficient (Wildman–Crippen LogP) is 3.08. The summed E-state index contributed by atoms with van der Waals surface area (Å²) in [5, 5.41) is 4.64. The molecule has 84 valence electrons. The van der Waals surface area contributed by atoms with Gasteiger partial charge in [-0.3, -0.25) is 4.79 Å². The molecule has 0 aliphatic carbocycles. The number of halogens is 1. The smallest absolute Gasteiger partial charge is 0.233 e. The summed E-state index contributed by atoms with van der Waals surface area (Å²) in [4.78, 5) is 12.7. The van der Waals surface area contributed by atoms with Gasteiger partial charge in [0.1, 0.15) is 0 Å². The van der Waals surface area contributed by atoms with Crippen molar-refractivity contribution in [2.75, 3.05) is 0 Å². The summed E-state index contributed by atoms with van der Waals surface area (Å²) in [5.74, 6) is 0.251. The normalized spacial score (nSPS) is 12.9. The van der Waals surface area contributed by atoms with E-state index in [0.717, 1.165) is 9.35 Å². The van der Waals surface area contributed by atoms with Gasteiger partial charge in [0, 0.05) is 14.7 Å². The third kappa shape index (κ3) is 4.17. The van der Waals surface area contributed by atoms with E-state index in [1.165, 1.54) is 0 Å². The predicted molar refractivity (Wildman–Crippen MR) is 71.5 cm³/mol. The summed E-state index contributed by atoms with van der Waals surface area (Å²) in [5.41, 5.74) is 0. The first-order valence-electron chi connectivity index (χ1n) is 4.69. The van der Waals surface area contributed by atoms with E-state index in [0.29, 0.717) is 6.54 Å². The van der Waals surface area contributed by atoms with Crippen molar-refractivity contribution in [2.24, 2.45) is 5.92 Å². The lowest BCUT2D eigenvalue weighted by atomic mass is 10.1. The highest BCUT2D eigenvalue weighted by atomic mass is 79.9. The van der Waals surface area contributed by atoms with E-state index in [-0.39, 0.29) is 17.1 Å². The van der Waals surface area contributed by atoms with Gasteiger partial charge in [-0.05, 0) is 27.9 Å². The third-order valence-corrected chi connectivity index (χ3v) is 4.49. The molecule has 1 atom stereocenters. The Labute approximate surface area is 108 Å². The lowest BCUT2D eigenvalue weighted by molar-refractivity contribution is -0.121. The second-order valence-corrected chi connectivity index (χ2v) is 6.11. The summed E-state index contributed by atoms with van der Waals surface area (Å²) < 4.78 is 1.06. The molecule has 0 bridgehead atoms. The second-order valence-electron chi connectivity index (χ2n) is 3.64. The maximum Gasteiger partial charge on any atom is 0.233 e. The van der Waals surface area contributed by atoms with E-state index in [4.69, 9.17) is 0 Å². The summed E-state index contributed by atoms with van der Waals surface area (Å²) in [6, 6.07) is 2.01. The van der Waals surface area contributed by atoms with Crippen molar-refractivity contribution in [2.45, 2.75) is 25.6 Å². The quantitative estimate of drug-likeness (QED) is 0.822. The second kappa shape index (κ2) is 5.92. The number of rotatable bonds is 4. The molecule has 2 nitrogen and oxygen atoms in total. The van der Waals surface area contributed by atoms with Crippen LogP contribution in [0.5, 0.6) is 0 Å². The highest BCUT2D eigenvalue weighted by molar-refractivity contribution is 9.10. The Balaban J connectivity index is 2.40. The van der Waals surface area contributed by atoms with Crippen LogP contribution in [0.4, 0.5) is 0 Å². The molecule has 1 rings (SSSR count). The van der Waals surface area contributed by atoms with Gasteiger partial charge in [0.05, 0.1) is 11.8 Å². The van der Waals surface area contributed by atoms with Gasteiger partial charge in [-0.25, -0.2) is 0 Å². The maximum absolute atomic E-state index is 11.6. The number of hydrogen-bond donors (Lipinski definition) is 2. The molecule has 0 aliphatic heterocycles. The van der Waals surface area contributed by atoms with Crippen molar-refractivity contribution >= 4 is 45.8 Å². The molecular weight excluding hydrogens is 294 g/mol. The standard InChI is InChI=1S/C10H14BrNOS2/c1-6(2)9(14)10(13)12-4-8-3-7(11)5-15-8/h3,5-6,9,14H,4H2,1-2H3,(H,12,13). The van der Waals surface area contributed by atoms with E-state index in [1.807, 2.05) is 25.3 Å². The molecule has 1 aromatic rings. The van der Waals surface area contributed by atoms with Crippen LogP contribution in [0.2, 0.25) is 0 Å². The van der Waals surface area contributed by atoms with Gasteiger partial charge in [-0.1, -0.05) is 13.8 Å². The van der Waals surface area contributed by atoms with E-state index in [2.05, 4.69) is 33.9 Å². The number of thiol groups is 1. The molecule has 0 aromatic carbocycles. The number of nitrogens with one attached hydrogen (secondary N) is 1. The van der Waals surface area contributed by atoms with Crippen molar-refractivity contribution in [1.82, 2.24) is 5.32 Å². The Bertz CT molecular complexity index is 338. The Morgan fingerprint density at radius 1 is 1.67 bits per heavy atom. The number of carbonyl (C=O) groups is 1. The molecule has 1 heterocycles. The van der Waals surface area contributed by atoms with Crippen LogP contribution in [0.3, 0.4) is 0 Å². The van der Waals surface area contributed by atoms with E-state index in [9.17, 15) is 4.79 Å². The molecule has 5 heteroatoms. The third-order valence-electron chi connectivity index (χ3n) is 1.96. The zero-order chi connectivity index (χ0) is 11.4. The number of amides is 1. The Morgan fingerprint density at radius 3 is 2.80 bits per heavy atom. The van der Waals surface area contributed by atoms with Crippen LogP contribution >= 0.6 is 39.9 Å². The van der Waals surface area contributed by atoms with Crippen LogP contribution in [0, 0.1) is 5.92 Å². The number of carbonyl (C=O) groups excluding carboxylic acids is 1. The molecule has 0 saturated carbocycles.